The molecule has 158 valence electrons. The summed E-state index contributed by atoms with van der Waals surface area (Å²) in [4.78, 5) is 14.6. The van der Waals surface area contributed by atoms with Gasteiger partial charge in [-0.2, -0.15) is 5.10 Å². The summed E-state index contributed by atoms with van der Waals surface area (Å²) in [5.41, 5.74) is 4.27. The molecule has 3 aromatic rings. The van der Waals surface area contributed by atoms with Crippen molar-refractivity contribution in [3.05, 3.63) is 59.5 Å². The lowest BCUT2D eigenvalue weighted by Gasteiger charge is -2.23. The molecule has 7 nitrogen and oxygen atoms in total. The summed E-state index contributed by atoms with van der Waals surface area (Å²) < 4.78 is 12.6. The van der Waals surface area contributed by atoms with E-state index >= 15 is 0 Å². The first-order valence-corrected chi connectivity index (χ1v) is 10.5. The number of amides is 1. The van der Waals surface area contributed by atoms with Crippen LogP contribution in [0.1, 0.15) is 28.0 Å². The van der Waals surface area contributed by atoms with Crippen LogP contribution in [0.15, 0.2) is 47.1 Å². The number of carbonyl (C=O) groups is 1. The Balaban J connectivity index is 1.51. The smallest absolute Gasteiger partial charge is 0.270 e. The first kappa shape index (κ1) is 20.4. The fraction of sp³-hybridized carbons (Fsp3) is 0.391. The van der Waals surface area contributed by atoms with Gasteiger partial charge in [-0.25, -0.2) is 4.68 Å². The lowest BCUT2D eigenvalue weighted by Crippen LogP contribution is -3.14. The van der Waals surface area contributed by atoms with Crippen LogP contribution in [0.5, 0.6) is 0 Å². The average molecular weight is 410 g/mol. The van der Waals surface area contributed by atoms with Crippen molar-refractivity contribution in [1.29, 1.82) is 0 Å². The highest BCUT2D eigenvalue weighted by atomic mass is 16.5. The molecule has 4 rings (SSSR count). The largest absolute Gasteiger partial charge is 0.463 e. The number of hydrogen-bond donors (Lipinski definition) is 2. The van der Waals surface area contributed by atoms with E-state index in [0.717, 1.165) is 50.5 Å². The predicted molar refractivity (Wildman–Crippen MR) is 114 cm³/mol. The molecular weight excluding hydrogens is 380 g/mol. The second-order valence-corrected chi connectivity index (χ2v) is 7.82. The molecule has 30 heavy (non-hydrogen) atoms. The zero-order valence-corrected chi connectivity index (χ0v) is 17.6. The van der Waals surface area contributed by atoms with Crippen molar-refractivity contribution in [1.82, 2.24) is 15.1 Å². The molecule has 2 aromatic heterocycles. The van der Waals surface area contributed by atoms with Crippen molar-refractivity contribution in [3.63, 3.8) is 0 Å². The standard InChI is InChI=1S/C23H28N4O3/c1-17-6-7-20(18(2)15-17)27-21(16-19(25-27)22-5-3-12-30-22)23(28)24-8-4-9-26-10-13-29-14-11-26/h3,5-7,12,15-16H,4,8-11,13-14H2,1-2H3,(H,24,28)/p+1. The highest BCUT2D eigenvalue weighted by Crippen LogP contribution is 2.24. The van der Waals surface area contributed by atoms with Crippen LogP contribution in [0.3, 0.4) is 0 Å². The number of nitrogens with one attached hydrogen (secondary N) is 2. The Kier molecular flexibility index (Phi) is 6.30. The number of aromatic nitrogens is 2. The van der Waals surface area contributed by atoms with Crippen molar-refractivity contribution >= 4 is 5.91 Å². The molecule has 1 fully saturated rings. The van der Waals surface area contributed by atoms with Gasteiger partial charge in [-0.3, -0.25) is 4.79 Å². The van der Waals surface area contributed by atoms with Gasteiger partial charge in [0, 0.05) is 19.0 Å². The van der Waals surface area contributed by atoms with E-state index in [-0.39, 0.29) is 5.91 Å². The Bertz CT molecular complexity index is 988. The molecule has 0 aliphatic carbocycles. The number of rotatable bonds is 7. The minimum atomic E-state index is -0.128. The maximum atomic E-state index is 13.0. The van der Waals surface area contributed by atoms with Gasteiger partial charge in [0.15, 0.2) is 5.76 Å². The van der Waals surface area contributed by atoms with E-state index in [1.165, 1.54) is 10.5 Å². The van der Waals surface area contributed by atoms with Crippen LogP contribution in [0.4, 0.5) is 0 Å². The molecule has 1 amide bonds. The van der Waals surface area contributed by atoms with Crippen molar-refractivity contribution < 1.29 is 18.8 Å². The average Bonchev–Trinajstić information content (AvgIpc) is 3.42. The molecule has 0 unspecified atom stereocenters. The van der Waals surface area contributed by atoms with E-state index in [1.54, 1.807) is 17.0 Å². The molecular formula is C23H29N4O3+. The predicted octanol–water partition coefficient (Wildman–Crippen LogP) is 1.78. The van der Waals surface area contributed by atoms with Crippen molar-refractivity contribution in [2.45, 2.75) is 20.3 Å². The van der Waals surface area contributed by atoms with E-state index in [4.69, 9.17) is 9.15 Å². The van der Waals surface area contributed by atoms with Crippen LogP contribution in [0, 0.1) is 13.8 Å². The second kappa shape index (κ2) is 9.28. The van der Waals surface area contributed by atoms with Gasteiger partial charge in [0.2, 0.25) is 0 Å². The normalized spacial score (nSPS) is 14.7. The van der Waals surface area contributed by atoms with Crippen LogP contribution in [-0.2, 0) is 4.74 Å². The summed E-state index contributed by atoms with van der Waals surface area (Å²) in [5, 5.41) is 7.74. The minimum absolute atomic E-state index is 0.128. The Labute approximate surface area is 176 Å². The Morgan fingerprint density at radius 2 is 2.03 bits per heavy atom. The number of quaternary nitrogens is 1. The maximum Gasteiger partial charge on any atom is 0.270 e. The van der Waals surface area contributed by atoms with Crippen LogP contribution in [0.2, 0.25) is 0 Å². The van der Waals surface area contributed by atoms with Crippen molar-refractivity contribution in [2.75, 3.05) is 39.4 Å². The van der Waals surface area contributed by atoms with E-state index in [2.05, 4.69) is 23.4 Å². The number of hydrogen-bond acceptors (Lipinski definition) is 4. The maximum absolute atomic E-state index is 13.0. The fourth-order valence-corrected chi connectivity index (χ4v) is 3.86. The van der Waals surface area contributed by atoms with Gasteiger partial charge in [0.25, 0.3) is 5.91 Å². The van der Waals surface area contributed by atoms with Gasteiger partial charge in [0.1, 0.15) is 24.5 Å². The molecule has 0 spiro atoms. The number of aryl methyl sites for hydroxylation is 2. The first-order chi connectivity index (χ1) is 14.6. The van der Waals surface area contributed by atoms with Gasteiger partial charge >= 0.3 is 0 Å². The van der Waals surface area contributed by atoms with Crippen molar-refractivity contribution in [3.8, 4) is 17.1 Å². The van der Waals surface area contributed by atoms with E-state index in [9.17, 15) is 4.79 Å². The number of ether oxygens (including phenoxy) is 1. The highest BCUT2D eigenvalue weighted by Gasteiger charge is 2.20. The van der Waals surface area contributed by atoms with Gasteiger partial charge in [-0.1, -0.05) is 17.7 Å². The third-order valence-corrected chi connectivity index (χ3v) is 5.49. The Hall–Kier alpha value is -2.90. The molecule has 1 saturated heterocycles. The lowest BCUT2D eigenvalue weighted by atomic mass is 10.1. The lowest BCUT2D eigenvalue weighted by molar-refractivity contribution is -0.908. The number of morpholine rings is 1. The van der Waals surface area contributed by atoms with E-state index < -0.39 is 0 Å². The van der Waals surface area contributed by atoms with Crippen LogP contribution in [0.25, 0.3) is 17.1 Å². The first-order valence-electron chi connectivity index (χ1n) is 10.5. The van der Waals surface area contributed by atoms with Crippen LogP contribution in [-0.4, -0.2) is 55.1 Å². The molecule has 1 aliphatic heterocycles. The summed E-state index contributed by atoms with van der Waals surface area (Å²) in [6, 6.07) is 11.6. The van der Waals surface area contributed by atoms with Gasteiger partial charge < -0.3 is 19.4 Å². The molecule has 3 heterocycles. The molecule has 0 saturated carbocycles. The van der Waals surface area contributed by atoms with Crippen molar-refractivity contribution in [2.24, 2.45) is 0 Å². The summed E-state index contributed by atoms with van der Waals surface area (Å²) in [6.07, 6.45) is 2.54. The zero-order chi connectivity index (χ0) is 20.9. The molecule has 0 atom stereocenters. The third-order valence-electron chi connectivity index (χ3n) is 5.49. The summed E-state index contributed by atoms with van der Waals surface area (Å²) in [6.45, 7) is 9.50. The molecule has 1 aromatic carbocycles. The fourth-order valence-electron chi connectivity index (χ4n) is 3.86. The summed E-state index contributed by atoms with van der Waals surface area (Å²) in [7, 11) is 0. The SMILES string of the molecule is Cc1ccc(-n2nc(-c3ccco3)cc2C(=O)NCCC[NH+]2CCOCC2)c(C)c1. The summed E-state index contributed by atoms with van der Waals surface area (Å²) >= 11 is 0. The van der Waals surface area contributed by atoms with Crippen LogP contribution >= 0.6 is 0 Å². The summed E-state index contributed by atoms with van der Waals surface area (Å²) in [5.74, 6) is 0.515. The molecule has 7 heteroatoms. The second-order valence-electron chi connectivity index (χ2n) is 7.82. The van der Waals surface area contributed by atoms with Gasteiger partial charge in [-0.05, 0) is 37.6 Å². The van der Waals surface area contributed by atoms with Crippen LogP contribution < -0.4 is 10.2 Å². The quantitative estimate of drug-likeness (QED) is 0.584. The molecule has 2 N–H and O–H groups in total. The number of benzene rings is 1. The molecule has 0 bridgehead atoms. The topological polar surface area (TPSA) is 73.7 Å². The third kappa shape index (κ3) is 4.63. The van der Waals surface area contributed by atoms with Gasteiger partial charge in [-0.15, -0.1) is 0 Å². The highest BCUT2D eigenvalue weighted by molar-refractivity contribution is 5.94. The number of furan rings is 1. The molecule has 0 radical (unpaired) electrons. The number of carbonyl (C=O) groups excluding carboxylic acids is 1. The zero-order valence-electron chi connectivity index (χ0n) is 17.6. The monoisotopic (exact) mass is 409 g/mol. The Morgan fingerprint density at radius 3 is 2.77 bits per heavy atom. The van der Waals surface area contributed by atoms with E-state index in [0.29, 0.717) is 23.7 Å². The molecule has 1 aliphatic rings. The van der Waals surface area contributed by atoms with E-state index in [1.807, 2.05) is 31.2 Å². The Morgan fingerprint density at radius 1 is 1.20 bits per heavy atom. The van der Waals surface area contributed by atoms with Gasteiger partial charge in [0.05, 0.1) is 31.7 Å². The number of nitrogens with zero attached hydrogens (tertiary/aromatic N) is 2. The minimum Gasteiger partial charge on any atom is -0.463 e.